The molecular formula is C16H25NO. The number of benzene rings is 1. The highest BCUT2D eigenvalue weighted by Crippen LogP contribution is 2.32. The van der Waals surface area contributed by atoms with Crippen molar-refractivity contribution in [1.82, 2.24) is 0 Å². The van der Waals surface area contributed by atoms with Crippen molar-refractivity contribution in [2.24, 2.45) is 11.7 Å². The summed E-state index contributed by atoms with van der Waals surface area (Å²) in [6.45, 7) is 4.37. The van der Waals surface area contributed by atoms with Crippen molar-refractivity contribution in [2.75, 3.05) is 0 Å². The molecule has 1 saturated carbocycles. The van der Waals surface area contributed by atoms with Crippen molar-refractivity contribution >= 4 is 0 Å². The molecule has 0 saturated heterocycles. The Morgan fingerprint density at radius 2 is 1.56 bits per heavy atom. The average Bonchev–Trinajstić information content (AvgIpc) is 2.91. The van der Waals surface area contributed by atoms with E-state index in [1.54, 1.807) is 0 Å². The molecule has 2 rings (SSSR count). The molecule has 1 aromatic rings. The molecule has 1 aromatic carbocycles. The van der Waals surface area contributed by atoms with Crippen LogP contribution in [0.15, 0.2) is 24.3 Å². The van der Waals surface area contributed by atoms with Crippen LogP contribution in [0.4, 0.5) is 0 Å². The predicted octanol–water partition coefficient (Wildman–Crippen LogP) is 3.36. The Hall–Kier alpha value is -0.860. The number of hydrogen-bond acceptors (Lipinski definition) is 2. The van der Waals surface area contributed by atoms with E-state index in [-0.39, 0.29) is 6.04 Å². The first-order valence-electron chi connectivity index (χ1n) is 7.13. The van der Waals surface area contributed by atoms with E-state index in [1.165, 1.54) is 18.4 Å². The van der Waals surface area contributed by atoms with E-state index in [4.69, 9.17) is 5.73 Å². The molecule has 100 valence electrons. The molecule has 0 radical (unpaired) electrons. The Morgan fingerprint density at radius 3 is 2.06 bits per heavy atom. The summed E-state index contributed by atoms with van der Waals surface area (Å²) in [4.78, 5) is 0. The fourth-order valence-electron chi connectivity index (χ4n) is 2.89. The predicted molar refractivity (Wildman–Crippen MR) is 75.4 cm³/mol. The molecule has 0 aliphatic heterocycles. The minimum atomic E-state index is -0.391. The summed E-state index contributed by atoms with van der Waals surface area (Å²) in [6.07, 6.45) is 4.33. The van der Waals surface area contributed by atoms with Crippen LogP contribution in [0.1, 0.15) is 62.6 Å². The number of rotatable bonds is 4. The van der Waals surface area contributed by atoms with Crippen molar-refractivity contribution in [2.45, 2.75) is 57.6 Å². The number of aliphatic hydroxyl groups excluding tert-OH is 1. The molecular weight excluding hydrogens is 222 g/mol. The number of nitrogens with two attached hydrogens (primary N) is 1. The molecule has 2 heteroatoms. The van der Waals surface area contributed by atoms with Crippen LogP contribution in [-0.4, -0.2) is 11.2 Å². The zero-order valence-corrected chi connectivity index (χ0v) is 11.5. The van der Waals surface area contributed by atoms with Gasteiger partial charge in [-0.05, 0) is 35.8 Å². The summed E-state index contributed by atoms with van der Waals surface area (Å²) in [5.41, 5.74) is 8.57. The maximum atomic E-state index is 10.3. The van der Waals surface area contributed by atoms with Crippen molar-refractivity contribution in [3.63, 3.8) is 0 Å². The summed E-state index contributed by atoms with van der Waals surface area (Å²) in [6, 6.07) is 8.15. The van der Waals surface area contributed by atoms with Crippen molar-refractivity contribution in [3.05, 3.63) is 35.4 Å². The SMILES string of the molecule is CC(C)c1ccc([C@H](N)[C@H](O)C2CCCC2)cc1. The van der Waals surface area contributed by atoms with Crippen LogP contribution in [-0.2, 0) is 0 Å². The third kappa shape index (κ3) is 2.93. The molecule has 1 aliphatic carbocycles. The third-order valence-electron chi connectivity index (χ3n) is 4.24. The van der Waals surface area contributed by atoms with Crippen LogP contribution in [0.25, 0.3) is 0 Å². The molecule has 18 heavy (non-hydrogen) atoms. The normalized spacial score (nSPS) is 20.3. The topological polar surface area (TPSA) is 46.2 Å². The smallest absolute Gasteiger partial charge is 0.0760 e. The molecule has 0 amide bonds. The van der Waals surface area contributed by atoms with E-state index in [0.717, 1.165) is 18.4 Å². The Kier molecular flexibility index (Phi) is 4.41. The molecule has 3 N–H and O–H groups in total. The minimum absolute atomic E-state index is 0.241. The Balaban J connectivity index is 2.05. The van der Waals surface area contributed by atoms with E-state index in [0.29, 0.717) is 11.8 Å². The lowest BCUT2D eigenvalue weighted by atomic mass is 9.90. The van der Waals surface area contributed by atoms with E-state index < -0.39 is 6.10 Å². The van der Waals surface area contributed by atoms with Crippen molar-refractivity contribution < 1.29 is 5.11 Å². The maximum absolute atomic E-state index is 10.3. The summed E-state index contributed by atoms with van der Waals surface area (Å²) >= 11 is 0. The van der Waals surface area contributed by atoms with Gasteiger partial charge in [0.15, 0.2) is 0 Å². The first kappa shape index (κ1) is 13.6. The molecule has 0 unspecified atom stereocenters. The van der Waals surface area contributed by atoms with Crippen LogP contribution in [0.5, 0.6) is 0 Å². The maximum Gasteiger partial charge on any atom is 0.0760 e. The summed E-state index contributed by atoms with van der Waals surface area (Å²) in [7, 11) is 0. The average molecular weight is 247 g/mol. The van der Waals surface area contributed by atoms with Gasteiger partial charge < -0.3 is 10.8 Å². The van der Waals surface area contributed by atoms with E-state index in [1.807, 2.05) is 0 Å². The van der Waals surface area contributed by atoms with Gasteiger partial charge in [-0.25, -0.2) is 0 Å². The molecule has 1 aliphatic rings. The Bertz CT molecular complexity index is 365. The summed E-state index contributed by atoms with van der Waals surface area (Å²) in [5, 5.41) is 10.3. The minimum Gasteiger partial charge on any atom is -0.391 e. The highest BCUT2D eigenvalue weighted by atomic mass is 16.3. The van der Waals surface area contributed by atoms with Crippen LogP contribution < -0.4 is 5.73 Å². The lowest BCUT2D eigenvalue weighted by Crippen LogP contribution is -2.31. The van der Waals surface area contributed by atoms with Gasteiger partial charge in [0.25, 0.3) is 0 Å². The van der Waals surface area contributed by atoms with Gasteiger partial charge in [-0.2, -0.15) is 0 Å². The van der Waals surface area contributed by atoms with Gasteiger partial charge in [-0.1, -0.05) is 51.0 Å². The van der Waals surface area contributed by atoms with Gasteiger partial charge in [0.1, 0.15) is 0 Å². The summed E-state index contributed by atoms with van der Waals surface area (Å²) < 4.78 is 0. The largest absolute Gasteiger partial charge is 0.391 e. The zero-order chi connectivity index (χ0) is 13.1. The van der Waals surface area contributed by atoms with Crippen LogP contribution in [0.3, 0.4) is 0 Å². The molecule has 0 bridgehead atoms. The standard InChI is InChI=1S/C16H25NO/c1-11(2)12-7-9-13(10-8-12)15(17)16(18)14-5-3-4-6-14/h7-11,14-16,18H,3-6,17H2,1-2H3/t15-,16+/m0/s1. The highest BCUT2D eigenvalue weighted by molar-refractivity contribution is 5.27. The lowest BCUT2D eigenvalue weighted by molar-refractivity contribution is 0.0845. The van der Waals surface area contributed by atoms with Gasteiger partial charge in [-0.15, -0.1) is 0 Å². The van der Waals surface area contributed by atoms with Crippen LogP contribution in [0.2, 0.25) is 0 Å². The van der Waals surface area contributed by atoms with Crippen molar-refractivity contribution in [1.29, 1.82) is 0 Å². The monoisotopic (exact) mass is 247 g/mol. The van der Waals surface area contributed by atoms with Gasteiger partial charge >= 0.3 is 0 Å². The first-order valence-corrected chi connectivity index (χ1v) is 7.13. The Labute approximate surface area is 110 Å². The van der Waals surface area contributed by atoms with Crippen LogP contribution in [0, 0.1) is 5.92 Å². The zero-order valence-electron chi connectivity index (χ0n) is 11.5. The summed E-state index contributed by atoms with van der Waals surface area (Å²) in [5.74, 6) is 0.930. The second-order valence-corrected chi connectivity index (χ2v) is 5.88. The fourth-order valence-corrected chi connectivity index (χ4v) is 2.89. The second kappa shape index (κ2) is 5.85. The van der Waals surface area contributed by atoms with Gasteiger partial charge in [0, 0.05) is 0 Å². The number of aliphatic hydroxyl groups is 1. The quantitative estimate of drug-likeness (QED) is 0.857. The molecule has 0 spiro atoms. The fraction of sp³-hybridized carbons (Fsp3) is 0.625. The molecule has 2 atom stereocenters. The van der Waals surface area contributed by atoms with Crippen LogP contribution >= 0.6 is 0 Å². The first-order chi connectivity index (χ1) is 8.59. The third-order valence-corrected chi connectivity index (χ3v) is 4.24. The van der Waals surface area contributed by atoms with Gasteiger partial charge in [0.2, 0.25) is 0 Å². The molecule has 1 fully saturated rings. The van der Waals surface area contributed by atoms with Gasteiger partial charge in [-0.3, -0.25) is 0 Å². The highest BCUT2D eigenvalue weighted by Gasteiger charge is 2.28. The van der Waals surface area contributed by atoms with E-state index >= 15 is 0 Å². The Morgan fingerprint density at radius 1 is 1.06 bits per heavy atom. The second-order valence-electron chi connectivity index (χ2n) is 5.88. The molecule has 0 heterocycles. The lowest BCUT2D eigenvalue weighted by Gasteiger charge is -2.24. The number of hydrogen-bond donors (Lipinski definition) is 2. The van der Waals surface area contributed by atoms with Gasteiger partial charge in [0.05, 0.1) is 12.1 Å². The molecule has 2 nitrogen and oxygen atoms in total. The van der Waals surface area contributed by atoms with E-state index in [9.17, 15) is 5.11 Å². The van der Waals surface area contributed by atoms with E-state index in [2.05, 4.69) is 38.1 Å². The van der Waals surface area contributed by atoms with Crippen molar-refractivity contribution in [3.8, 4) is 0 Å². The molecule has 0 aromatic heterocycles.